The second kappa shape index (κ2) is 3.19. The van der Waals surface area contributed by atoms with E-state index in [0.717, 1.165) is 11.6 Å². The Labute approximate surface area is 71.9 Å². The first kappa shape index (κ1) is 7.68. The minimum absolute atomic E-state index is 0.479. The molecule has 0 saturated heterocycles. The van der Waals surface area contributed by atoms with Crippen molar-refractivity contribution < 1.29 is 4.42 Å². The Bertz CT molecular complexity index is 253. The van der Waals surface area contributed by atoms with Crippen molar-refractivity contribution in [2.45, 2.75) is 31.8 Å². The van der Waals surface area contributed by atoms with Crippen molar-refractivity contribution in [3.8, 4) is 0 Å². The van der Waals surface area contributed by atoms with Gasteiger partial charge in [0.15, 0.2) is 5.88 Å². The highest BCUT2D eigenvalue weighted by molar-refractivity contribution is 5.34. The van der Waals surface area contributed by atoms with Crippen LogP contribution < -0.4 is 11.1 Å². The Hall–Kier alpha value is -0.960. The minimum Gasteiger partial charge on any atom is -0.444 e. The first-order valence-corrected chi connectivity index (χ1v) is 4.44. The summed E-state index contributed by atoms with van der Waals surface area (Å²) < 4.78 is 5.40. The first-order chi connectivity index (χ1) is 5.88. The third-order valence-corrected chi connectivity index (χ3v) is 2.31. The minimum atomic E-state index is 0.479. The third-order valence-electron chi connectivity index (χ3n) is 2.31. The largest absolute Gasteiger partial charge is 0.444 e. The van der Waals surface area contributed by atoms with Gasteiger partial charge in [0, 0.05) is 12.1 Å². The average molecular weight is 166 g/mol. The molecule has 3 N–H and O–H groups in total. The molecule has 12 heavy (non-hydrogen) atoms. The van der Waals surface area contributed by atoms with Gasteiger partial charge in [-0.15, -0.1) is 0 Å². The summed E-state index contributed by atoms with van der Waals surface area (Å²) in [6, 6.07) is 4.49. The van der Waals surface area contributed by atoms with Gasteiger partial charge in [0.25, 0.3) is 0 Å². The summed E-state index contributed by atoms with van der Waals surface area (Å²) in [6.45, 7) is 0.479. The van der Waals surface area contributed by atoms with E-state index in [1.54, 1.807) is 0 Å². The molecule has 66 valence electrons. The smallest absolute Gasteiger partial charge is 0.193 e. The highest BCUT2D eigenvalue weighted by Gasteiger charge is 2.17. The van der Waals surface area contributed by atoms with E-state index in [1.165, 1.54) is 19.3 Å². The van der Waals surface area contributed by atoms with E-state index in [2.05, 4.69) is 5.32 Å². The normalized spacial score (nSPS) is 17.4. The topological polar surface area (TPSA) is 51.2 Å². The van der Waals surface area contributed by atoms with Crippen LogP contribution in [0.3, 0.4) is 0 Å². The Kier molecular flexibility index (Phi) is 2.04. The molecule has 1 aliphatic carbocycles. The quantitative estimate of drug-likeness (QED) is 0.718. The van der Waals surface area contributed by atoms with Crippen LogP contribution in [-0.4, -0.2) is 6.04 Å². The third kappa shape index (κ3) is 1.46. The van der Waals surface area contributed by atoms with E-state index < -0.39 is 0 Å². The van der Waals surface area contributed by atoms with Gasteiger partial charge in [-0.3, -0.25) is 0 Å². The van der Waals surface area contributed by atoms with Crippen molar-refractivity contribution in [2.24, 2.45) is 5.73 Å². The maximum Gasteiger partial charge on any atom is 0.193 e. The predicted octanol–water partition coefficient (Wildman–Crippen LogP) is 1.70. The maximum absolute atomic E-state index is 5.42. The molecular formula is C9H14N2O. The SMILES string of the molecule is NCc1ccc(NC2CCC2)o1. The zero-order valence-electron chi connectivity index (χ0n) is 7.05. The number of anilines is 1. The van der Waals surface area contributed by atoms with Gasteiger partial charge in [-0.25, -0.2) is 0 Å². The maximum atomic E-state index is 5.42. The number of rotatable bonds is 3. The lowest BCUT2D eigenvalue weighted by molar-refractivity contribution is 0.426. The zero-order chi connectivity index (χ0) is 8.39. The fourth-order valence-electron chi connectivity index (χ4n) is 1.32. The molecule has 0 amide bonds. The molecule has 0 unspecified atom stereocenters. The molecule has 1 aromatic heterocycles. The van der Waals surface area contributed by atoms with Gasteiger partial charge in [0.1, 0.15) is 5.76 Å². The monoisotopic (exact) mass is 166 g/mol. The number of nitrogens with two attached hydrogens (primary N) is 1. The van der Waals surface area contributed by atoms with Crippen molar-refractivity contribution in [2.75, 3.05) is 5.32 Å². The molecule has 3 heteroatoms. The van der Waals surface area contributed by atoms with Gasteiger partial charge < -0.3 is 15.5 Å². The fraction of sp³-hybridized carbons (Fsp3) is 0.556. The van der Waals surface area contributed by atoms with Gasteiger partial charge in [-0.05, 0) is 25.3 Å². The van der Waals surface area contributed by atoms with Gasteiger partial charge in [0.2, 0.25) is 0 Å². The van der Waals surface area contributed by atoms with Crippen LogP contribution >= 0.6 is 0 Å². The van der Waals surface area contributed by atoms with E-state index in [1.807, 2.05) is 12.1 Å². The Morgan fingerprint density at radius 3 is 2.83 bits per heavy atom. The van der Waals surface area contributed by atoms with E-state index in [-0.39, 0.29) is 0 Å². The molecular weight excluding hydrogens is 152 g/mol. The van der Waals surface area contributed by atoms with Crippen LogP contribution in [0.4, 0.5) is 5.88 Å². The molecule has 1 aromatic rings. The van der Waals surface area contributed by atoms with Gasteiger partial charge >= 0.3 is 0 Å². The second-order valence-electron chi connectivity index (χ2n) is 3.24. The van der Waals surface area contributed by atoms with E-state index >= 15 is 0 Å². The number of furan rings is 1. The summed E-state index contributed by atoms with van der Waals surface area (Å²) in [5.41, 5.74) is 5.42. The van der Waals surface area contributed by atoms with Crippen LogP contribution in [0.5, 0.6) is 0 Å². The predicted molar refractivity (Wildman–Crippen MR) is 47.9 cm³/mol. The van der Waals surface area contributed by atoms with Crippen LogP contribution in [0.2, 0.25) is 0 Å². The number of nitrogens with one attached hydrogen (secondary N) is 1. The summed E-state index contributed by atoms with van der Waals surface area (Å²) in [7, 11) is 0. The zero-order valence-corrected chi connectivity index (χ0v) is 7.05. The van der Waals surface area contributed by atoms with Crippen LogP contribution in [-0.2, 0) is 6.54 Å². The van der Waals surface area contributed by atoms with E-state index in [4.69, 9.17) is 10.2 Å². The number of hydrogen-bond donors (Lipinski definition) is 2. The standard InChI is InChI=1S/C9H14N2O/c10-6-8-4-5-9(12-8)11-7-2-1-3-7/h4-5,7,11H,1-3,6,10H2. The molecule has 1 aliphatic rings. The van der Waals surface area contributed by atoms with Gasteiger partial charge in [-0.2, -0.15) is 0 Å². The fourth-order valence-corrected chi connectivity index (χ4v) is 1.32. The highest BCUT2D eigenvalue weighted by Crippen LogP contribution is 2.24. The highest BCUT2D eigenvalue weighted by atomic mass is 16.4. The summed E-state index contributed by atoms with van der Waals surface area (Å²) >= 11 is 0. The molecule has 0 atom stereocenters. The molecule has 0 bridgehead atoms. The van der Waals surface area contributed by atoms with Crippen molar-refractivity contribution in [1.29, 1.82) is 0 Å². The summed E-state index contributed by atoms with van der Waals surface area (Å²) in [5.74, 6) is 1.71. The molecule has 2 rings (SSSR count). The van der Waals surface area contributed by atoms with Gasteiger partial charge in [0.05, 0.1) is 6.54 Å². The molecule has 0 aromatic carbocycles. The molecule has 1 heterocycles. The molecule has 0 aliphatic heterocycles. The van der Waals surface area contributed by atoms with Gasteiger partial charge in [-0.1, -0.05) is 0 Å². The van der Waals surface area contributed by atoms with Crippen LogP contribution in [0.25, 0.3) is 0 Å². The lowest BCUT2D eigenvalue weighted by Gasteiger charge is -2.25. The average Bonchev–Trinajstić information content (AvgIpc) is 2.44. The summed E-state index contributed by atoms with van der Waals surface area (Å²) in [6.07, 6.45) is 3.86. The molecule has 1 saturated carbocycles. The Morgan fingerprint density at radius 1 is 1.50 bits per heavy atom. The lowest BCUT2D eigenvalue weighted by Crippen LogP contribution is -2.26. The van der Waals surface area contributed by atoms with Crippen molar-refractivity contribution in [3.63, 3.8) is 0 Å². The molecule has 0 spiro atoms. The summed E-state index contributed by atoms with van der Waals surface area (Å²) in [5, 5.41) is 3.31. The lowest BCUT2D eigenvalue weighted by atomic mass is 9.93. The van der Waals surface area contributed by atoms with Crippen LogP contribution in [0.1, 0.15) is 25.0 Å². The molecule has 3 nitrogen and oxygen atoms in total. The second-order valence-corrected chi connectivity index (χ2v) is 3.24. The number of hydrogen-bond acceptors (Lipinski definition) is 3. The van der Waals surface area contributed by atoms with Crippen LogP contribution in [0.15, 0.2) is 16.5 Å². The van der Waals surface area contributed by atoms with Crippen molar-refractivity contribution >= 4 is 5.88 Å². The molecule has 0 radical (unpaired) electrons. The van der Waals surface area contributed by atoms with Crippen molar-refractivity contribution in [3.05, 3.63) is 17.9 Å². The molecule has 1 fully saturated rings. The van der Waals surface area contributed by atoms with Crippen LogP contribution in [0, 0.1) is 0 Å². The Morgan fingerprint density at radius 2 is 2.33 bits per heavy atom. The Balaban J connectivity index is 1.93. The van der Waals surface area contributed by atoms with E-state index in [0.29, 0.717) is 12.6 Å². The van der Waals surface area contributed by atoms with Crippen molar-refractivity contribution in [1.82, 2.24) is 0 Å². The van der Waals surface area contributed by atoms with E-state index in [9.17, 15) is 0 Å². The first-order valence-electron chi connectivity index (χ1n) is 4.44. The summed E-state index contributed by atoms with van der Waals surface area (Å²) in [4.78, 5) is 0.